The number of carbonyl (C=O) groups excluding carboxylic acids is 1. The molecule has 4 nitrogen and oxygen atoms in total. The average molecular weight is 177 g/mol. The Kier molecular flexibility index (Phi) is 1.73. The summed E-state index contributed by atoms with van der Waals surface area (Å²) >= 11 is 0. The Bertz CT molecular complexity index is 447. The first-order chi connectivity index (χ1) is 6.33. The smallest absolute Gasteiger partial charge is 0.341 e. The molecule has 0 spiro atoms. The third-order valence-electron chi connectivity index (χ3n) is 1.75. The molecule has 2 aromatic heterocycles. The maximum atomic E-state index is 11.2. The van der Waals surface area contributed by atoms with E-state index in [0.717, 1.165) is 0 Å². The van der Waals surface area contributed by atoms with Gasteiger partial charge >= 0.3 is 5.97 Å². The summed E-state index contributed by atoms with van der Waals surface area (Å²) < 4.78 is 9.70. The summed E-state index contributed by atoms with van der Waals surface area (Å²) in [5.41, 5.74) is 1.52. The first-order valence-electron chi connectivity index (χ1n) is 3.73. The fourth-order valence-corrected chi connectivity index (χ4v) is 1.14. The minimum atomic E-state index is -0.414. The quantitative estimate of drug-likeness (QED) is 0.621. The summed E-state index contributed by atoms with van der Waals surface area (Å²) in [6.07, 6.45) is 3.04. The van der Waals surface area contributed by atoms with Crippen molar-refractivity contribution < 1.29 is 13.9 Å². The minimum absolute atomic E-state index is 0.400. The maximum Gasteiger partial charge on any atom is 0.341 e. The van der Waals surface area contributed by atoms with E-state index >= 15 is 0 Å². The van der Waals surface area contributed by atoms with Crippen molar-refractivity contribution in [2.24, 2.45) is 0 Å². The summed E-state index contributed by atoms with van der Waals surface area (Å²) in [4.78, 5) is 15.2. The van der Waals surface area contributed by atoms with Gasteiger partial charge in [0.1, 0.15) is 11.1 Å². The topological polar surface area (TPSA) is 52.3 Å². The van der Waals surface area contributed by atoms with Crippen LogP contribution in [-0.2, 0) is 4.74 Å². The van der Waals surface area contributed by atoms with Crippen LogP contribution < -0.4 is 0 Å². The normalized spacial score (nSPS) is 10.2. The number of aromatic nitrogens is 1. The van der Waals surface area contributed by atoms with Crippen molar-refractivity contribution in [1.82, 2.24) is 4.98 Å². The van der Waals surface area contributed by atoms with Crippen molar-refractivity contribution in [3.63, 3.8) is 0 Å². The summed E-state index contributed by atoms with van der Waals surface area (Å²) in [7, 11) is 1.33. The van der Waals surface area contributed by atoms with E-state index in [0.29, 0.717) is 16.7 Å². The van der Waals surface area contributed by atoms with Crippen LogP contribution >= 0.6 is 0 Å². The second-order valence-electron chi connectivity index (χ2n) is 2.49. The van der Waals surface area contributed by atoms with Gasteiger partial charge in [-0.3, -0.25) is 4.98 Å². The largest absolute Gasteiger partial charge is 0.465 e. The Balaban J connectivity index is 2.67. The molecule has 0 N–H and O–H groups in total. The summed E-state index contributed by atoms with van der Waals surface area (Å²) in [6, 6.07) is 3.26. The van der Waals surface area contributed by atoms with Crippen molar-refractivity contribution in [3.8, 4) is 0 Å². The Labute approximate surface area is 74.1 Å². The van der Waals surface area contributed by atoms with E-state index in [2.05, 4.69) is 9.72 Å². The van der Waals surface area contributed by atoms with Crippen LogP contribution in [0.3, 0.4) is 0 Å². The number of nitrogens with zero attached hydrogens (tertiary/aromatic N) is 1. The van der Waals surface area contributed by atoms with Crippen molar-refractivity contribution in [2.75, 3.05) is 7.11 Å². The number of pyridine rings is 1. The number of hydrogen-bond donors (Lipinski definition) is 0. The SMILES string of the molecule is COC(=O)c1ccnc2ccoc12. The summed E-state index contributed by atoms with van der Waals surface area (Å²) in [5.74, 6) is -0.414. The fraction of sp³-hybridized carbons (Fsp3) is 0.111. The molecule has 0 atom stereocenters. The minimum Gasteiger partial charge on any atom is -0.465 e. The highest BCUT2D eigenvalue weighted by Gasteiger charge is 2.12. The van der Waals surface area contributed by atoms with E-state index < -0.39 is 5.97 Å². The van der Waals surface area contributed by atoms with Crippen molar-refractivity contribution >= 4 is 17.1 Å². The lowest BCUT2D eigenvalue weighted by atomic mass is 10.2. The van der Waals surface area contributed by atoms with Gasteiger partial charge in [-0.15, -0.1) is 0 Å². The third-order valence-corrected chi connectivity index (χ3v) is 1.75. The van der Waals surface area contributed by atoms with E-state index in [1.165, 1.54) is 13.4 Å². The lowest BCUT2D eigenvalue weighted by molar-refractivity contribution is 0.0601. The first kappa shape index (κ1) is 7.79. The van der Waals surface area contributed by atoms with Gasteiger partial charge in [0.2, 0.25) is 0 Å². The van der Waals surface area contributed by atoms with Gasteiger partial charge in [0.15, 0.2) is 5.58 Å². The molecule has 66 valence electrons. The van der Waals surface area contributed by atoms with Gasteiger partial charge in [-0.1, -0.05) is 0 Å². The second kappa shape index (κ2) is 2.90. The van der Waals surface area contributed by atoms with Gasteiger partial charge < -0.3 is 9.15 Å². The van der Waals surface area contributed by atoms with Crippen LogP contribution in [0.1, 0.15) is 10.4 Å². The summed E-state index contributed by atoms with van der Waals surface area (Å²) in [5, 5.41) is 0. The molecule has 0 saturated heterocycles. The molecule has 0 aliphatic rings. The van der Waals surface area contributed by atoms with E-state index in [9.17, 15) is 4.79 Å². The monoisotopic (exact) mass is 177 g/mol. The molecule has 2 rings (SSSR count). The zero-order valence-electron chi connectivity index (χ0n) is 6.98. The molecule has 0 saturated carbocycles. The van der Waals surface area contributed by atoms with Gasteiger partial charge in [-0.05, 0) is 6.07 Å². The lowest BCUT2D eigenvalue weighted by Gasteiger charge is -1.97. The predicted molar refractivity (Wildman–Crippen MR) is 45.3 cm³/mol. The zero-order chi connectivity index (χ0) is 9.26. The lowest BCUT2D eigenvalue weighted by Crippen LogP contribution is -2.01. The van der Waals surface area contributed by atoms with Crippen molar-refractivity contribution in [3.05, 3.63) is 30.2 Å². The zero-order valence-corrected chi connectivity index (χ0v) is 6.98. The van der Waals surface area contributed by atoms with Crippen LogP contribution in [0.5, 0.6) is 0 Å². The molecular formula is C9H7NO3. The molecular weight excluding hydrogens is 170 g/mol. The van der Waals surface area contributed by atoms with E-state index in [-0.39, 0.29) is 0 Å². The Hall–Kier alpha value is -1.84. The highest BCUT2D eigenvalue weighted by atomic mass is 16.5. The van der Waals surface area contributed by atoms with Crippen molar-refractivity contribution in [1.29, 1.82) is 0 Å². The van der Waals surface area contributed by atoms with Gasteiger partial charge in [0.25, 0.3) is 0 Å². The third kappa shape index (κ3) is 1.16. The molecule has 0 unspecified atom stereocenters. The fourth-order valence-electron chi connectivity index (χ4n) is 1.14. The van der Waals surface area contributed by atoms with E-state index in [1.54, 1.807) is 18.3 Å². The van der Waals surface area contributed by atoms with Crippen LogP contribution in [0.2, 0.25) is 0 Å². The number of rotatable bonds is 1. The number of esters is 1. The maximum absolute atomic E-state index is 11.2. The summed E-state index contributed by atoms with van der Waals surface area (Å²) in [6.45, 7) is 0. The van der Waals surface area contributed by atoms with Gasteiger partial charge in [0, 0.05) is 12.3 Å². The number of carbonyl (C=O) groups is 1. The Morgan fingerprint density at radius 1 is 1.54 bits per heavy atom. The first-order valence-corrected chi connectivity index (χ1v) is 3.73. The number of ether oxygens (including phenoxy) is 1. The van der Waals surface area contributed by atoms with Crippen LogP contribution in [0.15, 0.2) is 29.0 Å². The number of methoxy groups -OCH3 is 1. The average Bonchev–Trinajstić information content (AvgIpc) is 2.63. The highest BCUT2D eigenvalue weighted by molar-refractivity contribution is 6.00. The van der Waals surface area contributed by atoms with Crippen LogP contribution in [0.4, 0.5) is 0 Å². The molecule has 0 amide bonds. The molecule has 13 heavy (non-hydrogen) atoms. The van der Waals surface area contributed by atoms with E-state index in [4.69, 9.17) is 4.42 Å². The standard InChI is InChI=1S/C9H7NO3/c1-12-9(11)6-2-4-10-7-3-5-13-8(6)7/h2-5H,1H3. The number of fused-ring (bicyclic) bond motifs is 1. The molecule has 2 aromatic rings. The van der Waals surface area contributed by atoms with Gasteiger partial charge in [0.05, 0.1) is 13.4 Å². The van der Waals surface area contributed by atoms with Gasteiger partial charge in [-0.25, -0.2) is 4.79 Å². The van der Waals surface area contributed by atoms with Crippen LogP contribution in [0, 0.1) is 0 Å². The van der Waals surface area contributed by atoms with Crippen LogP contribution in [0.25, 0.3) is 11.1 Å². The molecule has 0 aliphatic carbocycles. The second-order valence-corrected chi connectivity index (χ2v) is 2.49. The molecule has 0 fully saturated rings. The predicted octanol–water partition coefficient (Wildman–Crippen LogP) is 1.61. The molecule has 2 heterocycles. The molecule has 0 bridgehead atoms. The van der Waals surface area contributed by atoms with E-state index in [1.807, 2.05) is 0 Å². The molecule has 0 aromatic carbocycles. The molecule has 4 heteroatoms. The van der Waals surface area contributed by atoms with Crippen LogP contribution in [-0.4, -0.2) is 18.1 Å². The Morgan fingerprint density at radius 2 is 2.38 bits per heavy atom. The number of hydrogen-bond acceptors (Lipinski definition) is 4. The van der Waals surface area contributed by atoms with Crippen molar-refractivity contribution in [2.45, 2.75) is 0 Å². The Morgan fingerprint density at radius 3 is 3.15 bits per heavy atom. The van der Waals surface area contributed by atoms with Gasteiger partial charge in [-0.2, -0.15) is 0 Å². The highest BCUT2D eigenvalue weighted by Crippen LogP contribution is 2.17. The molecule has 0 radical (unpaired) electrons. The molecule has 0 aliphatic heterocycles. The number of furan rings is 1.